The van der Waals surface area contributed by atoms with Crippen molar-refractivity contribution in [2.75, 3.05) is 14.7 Å². The smallest absolute Gasteiger partial charge is 0.0726 e. The summed E-state index contributed by atoms with van der Waals surface area (Å²) in [6.45, 7) is 2.41. The largest absolute Gasteiger partial charge is 0.333 e. The second kappa shape index (κ2) is 18.3. The van der Waals surface area contributed by atoms with Gasteiger partial charge in [0.05, 0.1) is 28.7 Å². The average Bonchev–Trinajstić information content (AvgIpc) is 1.75. The maximum atomic E-state index is 2.63. The fourth-order valence-electron chi connectivity index (χ4n) is 15.4. The van der Waals surface area contributed by atoms with Crippen LogP contribution in [0.2, 0.25) is 0 Å². The van der Waals surface area contributed by atoms with E-state index in [4.69, 9.17) is 0 Å². The Balaban J connectivity index is 0.900. The van der Waals surface area contributed by atoms with E-state index in [1.807, 2.05) is 0 Å². The molecule has 10 aromatic carbocycles. The van der Waals surface area contributed by atoms with Crippen molar-refractivity contribution in [3.05, 3.63) is 330 Å². The summed E-state index contributed by atoms with van der Waals surface area (Å²) in [7, 11) is 0. The van der Waals surface area contributed by atoms with Gasteiger partial charge in [0.15, 0.2) is 0 Å². The minimum absolute atomic E-state index is 0.0416. The van der Waals surface area contributed by atoms with Crippen LogP contribution in [0.25, 0.3) is 54.8 Å². The van der Waals surface area contributed by atoms with Gasteiger partial charge in [-0.25, -0.2) is 0 Å². The third kappa shape index (κ3) is 6.72. The highest BCUT2D eigenvalue weighted by Gasteiger charge is 2.53. The van der Waals surface area contributed by atoms with Gasteiger partial charge in [-0.15, -0.1) is 0 Å². The number of nitrogens with zero attached hydrogens (tertiary/aromatic N) is 4. The summed E-state index contributed by atoms with van der Waals surface area (Å²) < 4.78 is 2.57. The number of allylic oxidation sites excluding steroid dienone is 8. The molecule has 0 radical (unpaired) electrons. The van der Waals surface area contributed by atoms with E-state index in [1.54, 1.807) is 0 Å². The first-order chi connectivity index (χ1) is 40.6. The Bertz CT molecular complexity index is 4640. The van der Waals surface area contributed by atoms with Crippen molar-refractivity contribution in [2.45, 2.75) is 43.2 Å². The molecule has 4 heteroatoms. The molecular weight excluding hydrogens is 993 g/mol. The van der Waals surface area contributed by atoms with Crippen LogP contribution in [0.3, 0.4) is 0 Å². The zero-order valence-corrected chi connectivity index (χ0v) is 45.6. The van der Waals surface area contributed by atoms with Gasteiger partial charge in [0, 0.05) is 73.5 Å². The van der Waals surface area contributed by atoms with Crippen LogP contribution in [0.15, 0.2) is 302 Å². The van der Waals surface area contributed by atoms with Crippen LogP contribution in [0.1, 0.15) is 59.5 Å². The molecule has 1 aromatic heterocycles. The molecule has 390 valence electrons. The summed E-state index contributed by atoms with van der Waals surface area (Å²) in [6.07, 6.45) is 23.4. The second-order valence-electron chi connectivity index (χ2n) is 23.0. The highest BCUT2D eigenvalue weighted by atomic mass is 15.2. The maximum absolute atomic E-state index is 2.63. The van der Waals surface area contributed by atoms with E-state index < -0.39 is 5.41 Å². The molecule has 5 aliphatic carbocycles. The lowest BCUT2D eigenvalue weighted by Crippen LogP contribution is -2.33. The molecule has 1 aliphatic heterocycles. The topological polar surface area (TPSA) is 14.7 Å². The van der Waals surface area contributed by atoms with Crippen LogP contribution in [-0.2, 0) is 5.41 Å². The Morgan fingerprint density at radius 3 is 2.02 bits per heavy atom. The molecule has 11 aromatic rings. The maximum Gasteiger partial charge on any atom is 0.0726 e. The van der Waals surface area contributed by atoms with Crippen LogP contribution in [0, 0.1) is 5.92 Å². The third-order valence-corrected chi connectivity index (χ3v) is 18.8. The molecule has 0 bridgehead atoms. The van der Waals surface area contributed by atoms with Crippen LogP contribution in [-0.4, -0.2) is 10.6 Å². The third-order valence-electron chi connectivity index (χ3n) is 18.8. The lowest BCUT2D eigenvalue weighted by atomic mass is 9.70. The first kappa shape index (κ1) is 47.0. The van der Waals surface area contributed by atoms with E-state index in [9.17, 15) is 0 Å². The van der Waals surface area contributed by atoms with Crippen molar-refractivity contribution in [3.8, 4) is 22.3 Å². The quantitative estimate of drug-likeness (QED) is 0.151. The lowest BCUT2D eigenvalue weighted by Gasteiger charge is -2.38. The van der Waals surface area contributed by atoms with Gasteiger partial charge in [-0.2, -0.15) is 0 Å². The predicted octanol–water partition coefficient (Wildman–Crippen LogP) is 19.6. The van der Waals surface area contributed by atoms with Gasteiger partial charge in [-0.3, -0.25) is 0 Å². The zero-order chi connectivity index (χ0) is 54.0. The van der Waals surface area contributed by atoms with E-state index in [0.717, 1.165) is 35.6 Å². The molecule has 0 N–H and O–H groups in total. The van der Waals surface area contributed by atoms with Gasteiger partial charge in [0.1, 0.15) is 0 Å². The van der Waals surface area contributed by atoms with Crippen molar-refractivity contribution in [1.29, 1.82) is 0 Å². The number of hydrogen-bond acceptors (Lipinski definition) is 3. The van der Waals surface area contributed by atoms with E-state index in [1.165, 1.54) is 105 Å². The van der Waals surface area contributed by atoms with E-state index >= 15 is 0 Å². The van der Waals surface area contributed by atoms with Crippen LogP contribution in [0.5, 0.6) is 0 Å². The molecule has 82 heavy (non-hydrogen) atoms. The van der Waals surface area contributed by atoms with Crippen molar-refractivity contribution < 1.29 is 0 Å². The number of benzene rings is 10. The number of aromatic nitrogens is 1. The summed E-state index contributed by atoms with van der Waals surface area (Å²) in [5.41, 5.74) is 23.4. The van der Waals surface area contributed by atoms with Gasteiger partial charge in [0.25, 0.3) is 0 Å². The number of para-hydroxylation sites is 4. The van der Waals surface area contributed by atoms with E-state index in [0.29, 0.717) is 0 Å². The fourth-order valence-corrected chi connectivity index (χ4v) is 15.4. The lowest BCUT2D eigenvalue weighted by molar-refractivity contribution is 0.647. The van der Waals surface area contributed by atoms with Gasteiger partial charge in [-0.05, 0) is 141 Å². The van der Waals surface area contributed by atoms with E-state index in [2.05, 4.69) is 311 Å². The molecule has 5 atom stereocenters. The Morgan fingerprint density at radius 2 is 1.20 bits per heavy atom. The number of anilines is 5. The Kier molecular flexibility index (Phi) is 10.5. The molecule has 1 spiro atoms. The summed E-state index contributed by atoms with van der Waals surface area (Å²) in [5.74, 6) is 0.378. The standard InChI is InChI=1S/C78H58N4/c1-51-40-42-56(48-73(51)79(53-23-5-2-6-24-53)57-43-45-62-60-30-15-19-37-70(60)81(74(62)49-57)54-25-7-3-8-26-54)80(58-44-46-63-61-31-16-20-38-71(61)82(75(63)50-58)55-27-9-4-10-28-55)72-39-21-36-68-77(72)65-33-14-18-35-67(65)78(68)66-34-17-13-32-64(66)76-59-29-12-11-22-52(59)41-47-69(76)78/h2-25,27-39,41-51,54,63,75H,26,40H2,1H3. The Labute approximate surface area is 479 Å². The van der Waals surface area contributed by atoms with Crippen LogP contribution in [0.4, 0.5) is 28.4 Å². The molecule has 0 amide bonds. The second-order valence-corrected chi connectivity index (χ2v) is 23.0. The average molecular weight is 1050 g/mol. The monoisotopic (exact) mass is 1050 g/mol. The Hall–Kier alpha value is -9.90. The fraction of sp³-hybridized carbons (Fsp3) is 0.103. The van der Waals surface area contributed by atoms with Gasteiger partial charge >= 0.3 is 0 Å². The molecule has 5 unspecified atom stereocenters. The van der Waals surface area contributed by atoms with Crippen molar-refractivity contribution in [1.82, 2.24) is 4.57 Å². The number of fused-ring (bicyclic) bond motifs is 18. The van der Waals surface area contributed by atoms with Crippen LogP contribution >= 0.6 is 0 Å². The van der Waals surface area contributed by atoms with Crippen molar-refractivity contribution >= 4 is 61.0 Å². The number of hydrogen-bond donors (Lipinski definition) is 0. The van der Waals surface area contributed by atoms with E-state index in [-0.39, 0.29) is 23.9 Å². The summed E-state index contributed by atoms with van der Waals surface area (Å²) in [4.78, 5) is 7.76. The predicted molar refractivity (Wildman–Crippen MR) is 341 cm³/mol. The number of rotatable bonds is 8. The zero-order valence-electron chi connectivity index (χ0n) is 45.6. The molecule has 0 fully saturated rings. The molecule has 6 aliphatic rings. The highest BCUT2D eigenvalue weighted by molar-refractivity contribution is 6.10. The molecule has 0 saturated heterocycles. The molecule has 4 nitrogen and oxygen atoms in total. The van der Waals surface area contributed by atoms with Crippen molar-refractivity contribution in [2.24, 2.45) is 5.92 Å². The SMILES string of the molecule is CC1CC=C(N(C2=CC3C(C=C2)c2ccccc2N3c2ccccc2)c2cccc3c2-c2ccccc2C32c3ccccc3-c3c2ccc2ccccc32)C=C1N(c1ccccc1)c1ccc2c3ccccc3n(C3C=CC=CC3)c2c1. The van der Waals surface area contributed by atoms with Gasteiger partial charge in [-0.1, -0.05) is 219 Å². The highest BCUT2D eigenvalue weighted by Crippen LogP contribution is 2.65. The normalized spacial score (nSPS) is 20.5. The minimum atomic E-state index is -0.534. The summed E-state index contributed by atoms with van der Waals surface area (Å²) >= 11 is 0. The van der Waals surface area contributed by atoms with Gasteiger partial charge < -0.3 is 19.3 Å². The first-order valence-corrected chi connectivity index (χ1v) is 29.3. The minimum Gasteiger partial charge on any atom is -0.333 e. The van der Waals surface area contributed by atoms with Gasteiger partial charge in [0.2, 0.25) is 0 Å². The van der Waals surface area contributed by atoms with Crippen LogP contribution < -0.4 is 14.7 Å². The molecule has 2 heterocycles. The molecular formula is C78H58N4. The Morgan fingerprint density at radius 1 is 0.500 bits per heavy atom. The molecule has 17 rings (SSSR count). The van der Waals surface area contributed by atoms with Crippen molar-refractivity contribution in [3.63, 3.8) is 0 Å². The summed E-state index contributed by atoms with van der Waals surface area (Å²) in [6, 6.07) is 86.9. The first-order valence-electron chi connectivity index (χ1n) is 29.3. The molecule has 0 saturated carbocycles. The summed E-state index contributed by atoms with van der Waals surface area (Å²) in [5, 5.41) is 5.12.